The van der Waals surface area contributed by atoms with Crippen LogP contribution < -0.4 is 0 Å². The molecule has 0 atom stereocenters. The van der Waals surface area contributed by atoms with Gasteiger partial charge in [0, 0.05) is 0 Å². The van der Waals surface area contributed by atoms with Gasteiger partial charge in [0.2, 0.25) is 0 Å². The minimum absolute atomic E-state index is 0. The lowest BCUT2D eigenvalue weighted by atomic mass is 11.8. The number of carbonyl (C=O) groups excluding carboxylic acids is 1. The lowest BCUT2D eigenvalue weighted by Gasteiger charge is -1.48. The molecule has 0 heterocycles. The van der Waals surface area contributed by atoms with Gasteiger partial charge in [-0.05, 0) is 23.2 Å². The molecule has 0 unspecified atom stereocenters. The van der Waals surface area contributed by atoms with Crippen LogP contribution in [0.5, 0.6) is 0 Å². The summed E-state index contributed by atoms with van der Waals surface area (Å²) in [4.78, 5) is 8.98. The molecule has 0 fully saturated rings. The molecule has 0 amide bonds. The SMILES string of the molecule is C.Cl.Cl.O=C(Cl)Cl. The second-order valence-corrected chi connectivity index (χ2v) is 1.11. The topological polar surface area (TPSA) is 17.1 Å². The molecule has 1 nitrogen and oxygen atoms in total. The third-order valence-electron chi connectivity index (χ3n) is 0. The Morgan fingerprint density at radius 3 is 1.14 bits per heavy atom. The van der Waals surface area contributed by atoms with E-state index >= 15 is 0 Å². The van der Waals surface area contributed by atoms with Crippen molar-refractivity contribution in [3.8, 4) is 0 Å². The standard InChI is InChI=1S/CCl2O.CH4.2ClH/c2-1(3)4;;;/h;1H4;2*1H. The molecule has 0 aliphatic carbocycles. The molecule has 0 spiro atoms. The van der Waals surface area contributed by atoms with E-state index in [1.165, 1.54) is 0 Å². The predicted octanol–water partition coefficient (Wildman–Crippen LogP) is 3.06. The fraction of sp³-hybridized carbons (Fsp3) is 0.500. The second-order valence-electron chi connectivity index (χ2n) is 0.226. The fourth-order valence-corrected chi connectivity index (χ4v) is 0. The Morgan fingerprint density at radius 2 is 1.14 bits per heavy atom. The van der Waals surface area contributed by atoms with Crippen LogP contribution in [0, 0.1) is 0 Å². The summed E-state index contributed by atoms with van der Waals surface area (Å²) >= 11 is 8.80. The monoisotopic (exact) mass is 186 g/mol. The summed E-state index contributed by atoms with van der Waals surface area (Å²) in [6.07, 6.45) is 0. The number of carbonyl (C=O) groups is 1. The predicted molar refractivity (Wildman–Crippen MR) is 38.3 cm³/mol. The average molecular weight is 188 g/mol. The van der Waals surface area contributed by atoms with E-state index in [9.17, 15) is 0 Å². The van der Waals surface area contributed by atoms with E-state index < -0.39 is 4.70 Å². The Labute approximate surface area is 65.2 Å². The molecule has 0 aliphatic rings. The zero-order chi connectivity index (χ0) is 3.58. The Hall–Kier alpha value is 0.830. The highest BCUT2D eigenvalue weighted by atomic mass is 35.5. The zero-order valence-corrected chi connectivity index (χ0v) is 5.63. The zero-order valence-electron chi connectivity index (χ0n) is 2.48. The first-order valence-corrected chi connectivity index (χ1v) is 1.34. The van der Waals surface area contributed by atoms with Gasteiger partial charge in [0.15, 0.2) is 0 Å². The summed E-state index contributed by atoms with van der Waals surface area (Å²) in [6.45, 7) is 0. The van der Waals surface area contributed by atoms with E-state index in [0.29, 0.717) is 0 Å². The maximum atomic E-state index is 8.98. The van der Waals surface area contributed by atoms with Crippen molar-refractivity contribution >= 4 is 52.7 Å². The summed E-state index contributed by atoms with van der Waals surface area (Å²) in [5.41, 5.74) is 0. The average Bonchev–Trinajstić information content (AvgIpc) is 0.811. The molecular formula is C2H6Cl4O. The van der Waals surface area contributed by atoms with E-state index in [2.05, 4.69) is 23.2 Å². The summed E-state index contributed by atoms with van der Waals surface area (Å²) in [6, 6.07) is 0. The largest absolute Gasteiger partial charge is 0.313 e. The molecule has 0 radical (unpaired) electrons. The van der Waals surface area contributed by atoms with Crippen molar-refractivity contribution in [1.82, 2.24) is 0 Å². The van der Waals surface area contributed by atoms with Crippen LogP contribution >= 0.6 is 48.0 Å². The molecule has 0 aromatic heterocycles. The maximum Gasteiger partial charge on any atom is 0.313 e. The van der Waals surface area contributed by atoms with Crippen LogP contribution in [0.25, 0.3) is 0 Å². The van der Waals surface area contributed by atoms with Gasteiger partial charge in [-0.1, -0.05) is 7.43 Å². The summed E-state index contributed by atoms with van der Waals surface area (Å²) in [5, 5.41) is 0. The summed E-state index contributed by atoms with van der Waals surface area (Å²) in [5.74, 6) is 0. The van der Waals surface area contributed by atoms with Crippen molar-refractivity contribution in [1.29, 1.82) is 0 Å². The number of halogens is 4. The molecular weight excluding hydrogens is 182 g/mol. The van der Waals surface area contributed by atoms with Gasteiger partial charge in [-0.25, -0.2) is 0 Å². The Bertz CT molecular complexity index is 32.7. The third-order valence-corrected chi connectivity index (χ3v) is 0. The van der Waals surface area contributed by atoms with Crippen LogP contribution in [0.4, 0.5) is 4.79 Å². The van der Waals surface area contributed by atoms with Gasteiger partial charge < -0.3 is 0 Å². The highest BCUT2D eigenvalue weighted by Gasteiger charge is 1.72. The minimum Gasteiger partial charge on any atom is -0.262 e. The molecule has 0 aromatic rings. The van der Waals surface area contributed by atoms with Crippen LogP contribution in [0.1, 0.15) is 7.43 Å². The van der Waals surface area contributed by atoms with Gasteiger partial charge in [0.1, 0.15) is 0 Å². The molecule has 0 saturated carbocycles. The molecule has 48 valence electrons. The Balaban J connectivity index is -0.0000000150. The van der Waals surface area contributed by atoms with Crippen LogP contribution in [0.2, 0.25) is 0 Å². The highest BCUT2D eigenvalue weighted by Crippen LogP contribution is 1.84. The van der Waals surface area contributed by atoms with Crippen molar-refractivity contribution < 1.29 is 4.79 Å². The highest BCUT2D eigenvalue weighted by molar-refractivity contribution is 6.93. The van der Waals surface area contributed by atoms with E-state index in [1.807, 2.05) is 0 Å². The van der Waals surface area contributed by atoms with E-state index in [-0.39, 0.29) is 32.2 Å². The van der Waals surface area contributed by atoms with Crippen LogP contribution in [0.15, 0.2) is 0 Å². The van der Waals surface area contributed by atoms with Gasteiger partial charge in [-0.15, -0.1) is 24.8 Å². The van der Waals surface area contributed by atoms with Crippen molar-refractivity contribution in [2.75, 3.05) is 0 Å². The van der Waals surface area contributed by atoms with E-state index in [1.54, 1.807) is 0 Å². The quantitative estimate of drug-likeness (QED) is 0.533. The van der Waals surface area contributed by atoms with Crippen LogP contribution in [-0.4, -0.2) is 4.70 Å². The van der Waals surface area contributed by atoms with Gasteiger partial charge in [0.05, 0.1) is 0 Å². The van der Waals surface area contributed by atoms with Crippen molar-refractivity contribution in [3.63, 3.8) is 0 Å². The van der Waals surface area contributed by atoms with Gasteiger partial charge in [0.25, 0.3) is 0 Å². The molecule has 0 aromatic carbocycles. The number of rotatable bonds is 0. The number of hydrogen-bond donors (Lipinski definition) is 0. The van der Waals surface area contributed by atoms with Crippen LogP contribution in [0.3, 0.4) is 0 Å². The fourth-order valence-electron chi connectivity index (χ4n) is 0. The third kappa shape index (κ3) is 231. The first-order valence-electron chi connectivity index (χ1n) is 0.582. The van der Waals surface area contributed by atoms with Crippen LogP contribution in [-0.2, 0) is 0 Å². The van der Waals surface area contributed by atoms with Gasteiger partial charge in [-0.3, -0.25) is 4.79 Å². The first-order chi connectivity index (χ1) is 1.73. The summed E-state index contributed by atoms with van der Waals surface area (Å²) in [7, 11) is 0. The molecule has 5 heteroatoms. The first kappa shape index (κ1) is 24.9. The molecule has 7 heavy (non-hydrogen) atoms. The molecule has 0 N–H and O–H groups in total. The lowest BCUT2D eigenvalue weighted by molar-refractivity contribution is 0.275. The van der Waals surface area contributed by atoms with Gasteiger partial charge in [-0.2, -0.15) is 0 Å². The Morgan fingerprint density at radius 1 is 1.14 bits per heavy atom. The van der Waals surface area contributed by atoms with Crippen molar-refractivity contribution in [2.45, 2.75) is 7.43 Å². The summed E-state index contributed by atoms with van der Waals surface area (Å²) < 4.78 is -0.889. The Kier molecular flexibility index (Phi) is 56.3. The molecule has 0 bridgehead atoms. The molecule has 0 rings (SSSR count). The van der Waals surface area contributed by atoms with E-state index in [0.717, 1.165) is 0 Å². The maximum absolute atomic E-state index is 8.98. The lowest BCUT2D eigenvalue weighted by Crippen LogP contribution is -1.46. The normalized spacial score (nSPS) is 3.71. The molecule has 0 aliphatic heterocycles. The van der Waals surface area contributed by atoms with Crippen molar-refractivity contribution in [3.05, 3.63) is 0 Å². The molecule has 0 saturated heterocycles. The van der Waals surface area contributed by atoms with E-state index in [4.69, 9.17) is 4.79 Å². The number of hydrogen-bond acceptors (Lipinski definition) is 1. The second kappa shape index (κ2) is 15.8. The minimum atomic E-state index is -0.889. The van der Waals surface area contributed by atoms with Gasteiger partial charge >= 0.3 is 4.70 Å². The smallest absolute Gasteiger partial charge is 0.262 e. The van der Waals surface area contributed by atoms with Crippen molar-refractivity contribution in [2.24, 2.45) is 0 Å².